The molecule has 0 aliphatic heterocycles. The Bertz CT molecular complexity index is 1420. The second kappa shape index (κ2) is 11.5. The molecule has 2 nitrogen and oxygen atoms in total. The molecule has 3 aromatic rings. The first-order chi connectivity index (χ1) is 22.2. The zero-order chi connectivity index (χ0) is 31.2. The minimum Gasteiger partial charge on any atom is -0.260 e. The number of pyridine rings is 2. The van der Waals surface area contributed by atoms with Crippen LogP contribution in [0.2, 0.25) is 0 Å². The fourth-order valence-electron chi connectivity index (χ4n) is 12.6. The van der Waals surface area contributed by atoms with Crippen molar-refractivity contribution in [3.05, 3.63) is 95.1 Å². The molecule has 8 bridgehead atoms. The first-order valence-corrected chi connectivity index (χ1v) is 21.0. The second-order valence-electron chi connectivity index (χ2n) is 17.9. The van der Waals surface area contributed by atoms with Gasteiger partial charge in [0.05, 0.1) is 16.5 Å². The van der Waals surface area contributed by atoms with E-state index in [2.05, 4.69) is 84.6 Å². The Morgan fingerprint density at radius 2 is 1.09 bits per heavy atom. The van der Waals surface area contributed by atoms with Crippen LogP contribution in [0, 0.1) is 47.3 Å². The van der Waals surface area contributed by atoms with Crippen molar-refractivity contribution < 1.29 is 0 Å². The molecule has 1 aromatic carbocycles. The molecule has 11 rings (SSSR count). The summed E-state index contributed by atoms with van der Waals surface area (Å²) in [5.41, 5.74) is 8.65. The summed E-state index contributed by atoms with van der Waals surface area (Å²) in [5.74, 6) is 8.20. The molecule has 46 heavy (non-hydrogen) atoms. The van der Waals surface area contributed by atoms with Crippen LogP contribution in [0.3, 0.4) is 0 Å². The van der Waals surface area contributed by atoms with E-state index in [1.54, 1.807) is 69.8 Å². The van der Waals surface area contributed by atoms with Gasteiger partial charge in [0.25, 0.3) is 0 Å². The smallest absolute Gasteiger partial charge is 0.0935 e. The van der Waals surface area contributed by atoms with Crippen molar-refractivity contribution in [2.45, 2.75) is 113 Å². The SMILES string of the molecule is CC(C)(C)c1ccc(CP(C2C3CC4CC(C3)CC2C4)C2C3CC4CC(C3)CC2C4)c(C(P)(c2ccccn2)c2ccccn2)c1. The lowest BCUT2D eigenvalue weighted by molar-refractivity contribution is 0.0129. The average molecular weight is 649 g/mol. The number of aromatic nitrogens is 2. The molecular formula is C42H54N2P2. The minimum atomic E-state index is -0.492. The average Bonchev–Trinajstić information content (AvgIpc) is 3.04. The van der Waals surface area contributed by atoms with Crippen molar-refractivity contribution in [2.75, 3.05) is 0 Å². The highest BCUT2D eigenvalue weighted by Crippen LogP contribution is 2.72. The summed E-state index contributed by atoms with van der Waals surface area (Å²) in [6, 6.07) is 20.5. The van der Waals surface area contributed by atoms with E-state index >= 15 is 0 Å². The molecule has 8 aliphatic carbocycles. The second-order valence-corrected chi connectivity index (χ2v) is 21.3. The predicted molar refractivity (Wildman–Crippen MR) is 195 cm³/mol. The lowest BCUT2D eigenvalue weighted by Crippen LogP contribution is -2.52. The summed E-state index contributed by atoms with van der Waals surface area (Å²) in [5, 5.41) is -0.492. The maximum Gasteiger partial charge on any atom is 0.0935 e. The number of benzene rings is 1. The first-order valence-electron chi connectivity index (χ1n) is 18.8. The van der Waals surface area contributed by atoms with Crippen molar-refractivity contribution in [1.29, 1.82) is 0 Å². The van der Waals surface area contributed by atoms with E-state index in [1.807, 2.05) is 12.4 Å². The van der Waals surface area contributed by atoms with E-state index in [4.69, 9.17) is 9.97 Å². The molecule has 0 saturated heterocycles. The molecule has 8 aliphatic rings. The molecule has 0 radical (unpaired) electrons. The van der Waals surface area contributed by atoms with Crippen LogP contribution in [0.1, 0.15) is 113 Å². The third-order valence-electron chi connectivity index (χ3n) is 14.0. The Kier molecular flexibility index (Phi) is 7.60. The Morgan fingerprint density at radius 3 is 1.48 bits per heavy atom. The van der Waals surface area contributed by atoms with E-state index in [1.165, 1.54) is 17.3 Å². The molecule has 0 N–H and O–H groups in total. The first kappa shape index (κ1) is 30.4. The highest BCUT2D eigenvalue weighted by molar-refractivity contribution is 7.58. The normalized spacial score (nSPS) is 36.7. The summed E-state index contributed by atoms with van der Waals surface area (Å²) in [6.07, 6.45) is 20.8. The molecule has 4 heteroatoms. The van der Waals surface area contributed by atoms with Gasteiger partial charge in [-0.2, -0.15) is 0 Å². The lowest BCUT2D eigenvalue weighted by Gasteiger charge is -2.62. The minimum absolute atomic E-state index is 0.0701. The molecule has 0 amide bonds. The van der Waals surface area contributed by atoms with Gasteiger partial charge < -0.3 is 0 Å². The number of hydrogen-bond acceptors (Lipinski definition) is 2. The summed E-state index contributed by atoms with van der Waals surface area (Å²) >= 11 is 0. The fourth-order valence-corrected chi connectivity index (χ4v) is 17.9. The molecule has 0 spiro atoms. The number of hydrogen-bond donors (Lipinski definition) is 0. The largest absolute Gasteiger partial charge is 0.260 e. The van der Waals surface area contributed by atoms with Gasteiger partial charge in [-0.25, -0.2) is 0 Å². The van der Waals surface area contributed by atoms with Gasteiger partial charge in [-0.1, -0.05) is 59.0 Å². The summed E-state index contributed by atoms with van der Waals surface area (Å²) in [6.45, 7) is 7.11. The molecule has 1 atom stereocenters. The van der Waals surface area contributed by atoms with Crippen molar-refractivity contribution in [3.8, 4) is 0 Å². The summed E-state index contributed by atoms with van der Waals surface area (Å²) < 4.78 is 0. The Balaban J connectivity index is 1.20. The summed E-state index contributed by atoms with van der Waals surface area (Å²) in [4.78, 5) is 10.1. The number of rotatable bonds is 7. The van der Waals surface area contributed by atoms with Crippen molar-refractivity contribution in [1.82, 2.24) is 9.97 Å². The highest BCUT2D eigenvalue weighted by atomic mass is 31.1. The van der Waals surface area contributed by atoms with Gasteiger partial charge in [0.1, 0.15) is 0 Å². The predicted octanol–water partition coefficient (Wildman–Crippen LogP) is 10.6. The standard InChI is InChI=1S/C42H54N2P2/c1-41(2,3)35-11-10-30(36(24-35)42(45,37-8-4-6-12-43-37)38-9-5-7-13-44-38)25-46(39-31-16-26-14-27(18-31)19-32(39)17-26)40-33-20-28-15-29(22-33)23-34(40)21-28/h4-13,24,26-29,31-34,39-40H,14-23,25,45H2,1-3H3. The molecule has 8 fully saturated rings. The van der Waals surface area contributed by atoms with Crippen LogP contribution in [0.5, 0.6) is 0 Å². The quantitative estimate of drug-likeness (QED) is 0.238. The monoisotopic (exact) mass is 648 g/mol. The van der Waals surface area contributed by atoms with Gasteiger partial charge in [-0.15, -0.1) is 9.24 Å². The zero-order valence-electron chi connectivity index (χ0n) is 28.3. The van der Waals surface area contributed by atoms with Crippen molar-refractivity contribution in [3.63, 3.8) is 0 Å². The molecule has 2 heterocycles. The molecule has 1 unspecified atom stereocenters. The number of nitrogens with zero attached hydrogens (tertiary/aromatic N) is 2. The van der Waals surface area contributed by atoms with E-state index in [0.717, 1.165) is 70.0 Å². The van der Waals surface area contributed by atoms with Crippen LogP contribution in [-0.2, 0) is 16.7 Å². The van der Waals surface area contributed by atoms with Crippen LogP contribution >= 0.6 is 17.2 Å². The van der Waals surface area contributed by atoms with Crippen LogP contribution < -0.4 is 0 Å². The van der Waals surface area contributed by atoms with Crippen molar-refractivity contribution in [2.24, 2.45) is 47.3 Å². The highest BCUT2D eigenvalue weighted by Gasteiger charge is 2.57. The topological polar surface area (TPSA) is 25.8 Å². The van der Waals surface area contributed by atoms with E-state index in [-0.39, 0.29) is 13.3 Å². The van der Waals surface area contributed by atoms with Gasteiger partial charge in [-0.05, 0) is 175 Å². The van der Waals surface area contributed by atoms with Gasteiger partial charge in [-0.3, -0.25) is 9.97 Å². The van der Waals surface area contributed by atoms with E-state index < -0.39 is 5.16 Å². The van der Waals surface area contributed by atoms with Gasteiger partial charge in [0.15, 0.2) is 0 Å². The van der Waals surface area contributed by atoms with Gasteiger partial charge in [0, 0.05) is 12.4 Å². The van der Waals surface area contributed by atoms with Crippen LogP contribution in [-0.4, -0.2) is 21.3 Å². The van der Waals surface area contributed by atoms with E-state index in [0.29, 0.717) is 0 Å². The van der Waals surface area contributed by atoms with Crippen LogP contribution in [0.25, 0.3) is 0 Å². The van der Waals surface area contributed by atoms with Gasteiger partial charge >= 0.3 is 0 Å². The third-order valence-corrected chi connectivity index (χ3v) is 18.8. The fraction of sp³-hybridized carbons (Fsp3) is 0.619. The Hall–Kier alpha value is -1.62. The van der Waals surface area contributed by atoms with E-state index in [9.17, 15) is 0 Å². The van der Waals surface area contributed by atoms with Crippen LogP contribution in [0.4, 0.5) is 0 Å². The summed E-state index contributed by atoms with van der Waals surface area (Å²) in [7, 11) is 3.20. The Morgan fingerprint density at radius 1 is 0.630 bits per heavy atom. The van der Waals surface area contributed by atoms with Crippen molar-refractivity contribution >= 4 is 17.2 Å². The molecule has 8 saturated carbocycles. The Labute approximate surface area is 281 Å². The van der Waals surface area contributed by atoms with Crippen LogP contribution in [0.15, 0.2) is 67.0 Å². The third kappa shape index (κ3) is 5.09. The molecule has 2 aromatic heterocycles. The van der Waals surface area contributed by atoms with Gasteiger partial charge in [0.2, 0.25) is 0 Å². The molecule has 242 valence electrons. The zero-order valence-corrected chi connectivity index (χ0v) is 30.4. The lowest BCUT2D eigenvalue weighted by atomic mass is 9.55. The molecular weight excluding hydrogens is 594 g/mol. The maximum absolute atomic E-state index is 5.06. The maximum atomic E-state index is 5.06.